The first-order chi connectivity index (χ1) is 9.10. The van der Waals surface area contributed by atoms with Crippen LogP contribution in [-0.2, 0) is 0 Å². The molecule has 4 heteroatoms. The molecule has 0 saturated carbocycles. The molecule has 106 valence electrons. The molecule has 3 nitrogen and oxygen atoms in total. The van der Waals surface area contributed by atoms with Crippen LogP contribution >= 0.6 is 15.9 Å². The van der Waals surface area contributed by atoms with E-state index in [0.717, 1.165) is 22.5 Å². The summed E-state index contributed by atoms with van der Waals surface area (Å²) in [6.45, 7) is 5.48. The van der Waals surface area contributed by atoms with Crippen molar-refractivity contribution in [3.8, 4) is 11.5 Å². The molecule has 0 aromatic heterocycles. The second kappa shape index (κ2) is 6.14. The Morgan fingerprint density at radius 3 is 2.53 bits per heavy atom. The van der Waals surface area contributed by atoms with Crippen molar-refractivity contribution in [3.05, 3.63) is 21.7 Å². The van der Waals surface area contributed by atoms with E-state index in [9.17, 15) is 0 Å². The van der Waals surface area contributed by atoms with Crippen LogP contribution < -0.4 is 14.8 Å². The molecule has 0 spiro atoms. The van der Waals surface area contributed by atoms with Gasteiger partial charge in [0.1, 0.15) is 0 Å². The van der Waals surface area contributed by atoms with E-state index in [-0.39, 0.29) is 0 Å². The van der Waals surface area contributed by atoms with E-state index in [1.807, 2.05) is 6.07 Å². The summed E-state index contributed by atoms with van der Waals surface area (Å²) in [5, 5.41) is 3.57. The van der Waals surface area contributed by atoms with Crippen LogP contribution in [0.2, 0.25) is 0 Å². The van der Waals surface area contributed by atoms with Crippen molar-refractivity contribution in [2.75, 3.05) is 20.8 Å². The van der Waals surface area contributed by atoms with Crippen LogP contribution in [0.4, 0.5) is 0 Å². The molecule has 2 rings (SSSR count). The molecule has 1 saturated heterocycles. The van der Waals surface area contributed by atoms with Crippen molar-refractivity contribution < 1.29 is 9.47 Å². The third kappa shape index (κ3) is 2.75. The molecule has 1 aromatic rings. The third-order valence-electron chi connectivity index (χ3n) is 3.68. The molecular formula is C15H22BrNO2. The maximum absolute atomic E-state index is 5.61. The zero-order valence-electron chi connectivity index (χ0n) is 12.0. The van der Waals surface area contributed by atoms with E-state index >= 15 is 0 Å². The summed E-state index contributed by atoms with van der Waals surface area (Å²) in [6, 6.07) is 2.42. The lowest BCUT2D eigenvalue weighted by atomic mass is 9.90. The predicted molar refractivity (Wildman–Crippen MR) is 81.3 cm³/mol. The number of hydrogen-bond donors (Lipinski definition) is 1. The first kappa shape index (κ1) is 14.7. The Kier molecular flexibility index (Phi) is 4.74. The molecule has 0 aliphatic carbocycles. The second-order valence-corrected chi connectivity index (χ2v) is 6.08. The molecule has 19 heavy (non-hydrogen) atoms. The second-order valence-electron chi connectivity index (χ2n) is 5.22. The van der Waals surface area contributed by atoms with Gasteiger partial charge in [-0.15, -0.1) is 0 Å². The highest BCUT2D eigenvalue weighted by Gasteiger charge is 2.27. The van der Waals surface area contributed by atoms with Crippen LogP contribution in [0, 0.1) is 0 Å². The van der Waals surface area contributed by atoms with Gasteiger partial charge in [0.05, 0.1) is 14.2 Å². The standard InChI is InChI=1S/C15H22BrNO2/c1-9(2)13-14(11-6-5-7-17-11)10(16)8-12(18-3)15(13)19-4/h8-9,11,17H,5-7H2,1-4H3. The molecule has 1 aliphatic rings. The van der Waals surface area contributed by atoms with Gasteiger partial charge < -0.3 is 14.8 Å². The van der Waals surface area contributed by atoms with Crippen molar-refractivity contribution in [3.63, 3.8) is 0 Å². The molecule has 0 bridgehead atoms. The van der Waals surface area contributed by atoms with E-state index in [1.165, 1.54) is 24.0 Å². The average Bonchev–Trinajstić information content (AvgIpc) is 2.90. The average molecular weight is 328 g/mol. The summed E-state index contributed by atoms with van der Waals surface area (Å²) in [6.07, 6.45) is 2.40. The molecule has 0 radical (unpaired) electrons. The van der Waals surface area contributed by atoms with Gasteiger partial charge in [0.25, 0.3) is 0 Å². The fourth-order valence-electron chi connectivity index (χ4n) is 2.86. The molecule has 1 heterocycles. The number of hydrogen-bond acceptors (Lipinski definition) is 3. The summed E-state index contributed by atoms with van der Waals surface area (Å²) >= 11 is 3.70. The predicted octanol–water partition coefficient (Wildman–Crippen LogP) is 4.01. The molecule has 1 aliphatic heterocycles. The Morgan fingerprint density at radius 1 is 1.32 bits per heavy atom. The monoisotopic (exact) mass is 327 g/mol. The van der Waals surface area contributed by atoms with Gasteiger partial charge in [-0.1, -0.05) is 29.8 Å². The first-order valence-electron chi connectivity index (χ1n) is 6.77. The fourth-order valence-corrected chi connectivity index (χ4v) is 3.56. The highest BCUT2D eigenvalue weighted by Crippen LogP contribution is 2.45. The summed E-state index contributed by atoms with van der Waals surface area (Å²) in [4.78, 5) is 0. The molecule has 1 aromatic carbocycles. The van der Waals surface area contributed by atoms with Crippen LogP contribution in [0.5, 0.6) is 11.5 Å². The number of benzene rings is 1. The van der Waals surface area contributed by atoms with E-state index in [0.29, 0.717) is 12.0 Å². The summed E-state index contributed by atoms with van der Waals surface area (Å²) < 4.78 is 12.2. The summed E-state index contributed by atoms with van der Waals surface area (Å²) in [5.74, 6) is 2.04. The lowest BCUT2D eigenvalue weighted by molar-refractivity contribution is 0.348. The Bertz CT molecular complexity index is 454. The van der Waals surface area contributed by atoms with Crippen molar-refractivity contribution >= 4 is 15.9 Å². The van der Waals surface area contributed by atoms with Gasteiger partial charge in [0, 0.05) is 16.1 Å². The van der Waals surface area contributed by atoms with Gasteiger partial charge in [-0.2, -0.15) is 0 Å². The van der Waals surface area contributed by atoms with Gasteiger partial charge in [-0.3, -0.25) is 0 Å². The van der Waals surface area contributed by atoms with Gasteiger partial charge in [-0.05, 0) is 36.9 Å². The Labute approximate surface area is 123 Å². The lowest BCUT2D eigenvalue weighted by Gasteiger charge is -2.24. The van der Waals surface area contributed by atoms with Crippen LogP contribution in [0.15, 0.2) is 10.5 Å². The minimum atomic E-state index is 0.388. The molecule has 1 N–H and O–H groups in total. The van der Waals surface area contributed by atoms with Crippen molar-refractivity contribution in [1.29, 1.82) is 0 Å². The largest absolute Gasteiger partial charge is 0.493 e. The minimum Gasteiger partial charge on any atom is -0.493 e. The van der Waals surface area contributed by atoms with Crippen molar-refractivity contribution in [2.45, 2.75) is 38.6 Å². The maximum atomic E-state index is 5.61. The van der Waals surface area contributed by atoms with E-state index in [4.69, 9.17) is 9.47 Å². The SMILES string of the molecule is COc1cc(Br)c(C2CCCN2)c(C(C)C)c1OC. The van der Waals surface area contributed by atoms with Crippen molar-refractivity contribution in [2.24, 2.45) is 0 Å². The zero-order valence-corrected chi connectivity index (χ0v) is 13.6. The number of methoxy groups -OCH3 is 2. The summed E-state index contributed by atoms with van der Waals surface area (Å²) in [5.41, 5.74) is 2.57. The van der Waals surface area contributed by atoms with Gasteiger partial charge in [0.2, 0.25) is 0 Å². The van der Waals surface area contributed by atoms with E-state index in [1.54, 1.807) is 14.2 Å². The van der Waals surface area contributed by atoms with Crippen LogP contribution in [0.1, 0.15) is 49.8 Å². The van der Waals surface area contributed by atoms with E-state index < -0.39 is 0 Å². The smallest absolute Gasteiger partial charge is 0.164 e. The maximum Gasteiger partial charge on any atom is 0.164 e. The topological polar surface area (TPSA) is 30.5 Å². The number of halogens is 1. The Balaban J connectivity index is 2.63. The summed E-state index contributed by atoms with van der Waals surface area (Å²) in [7, 11) is 3.39. The minimum absolute atomic E-state index is 0.388. The molecule has 1 fully saturated rings. The van der Waals surface area contributed by atoms with E-state index in [2.05, 4.69) is 35.1 Å². The van der Waals surface area contributed by atoms with Gasteiger partial charge >= 0.3 is 0 Å². The Hall–Kier alpha value is -0.740. The highest BCUT2D eigenvalue weighted by molar-refractivity contribution is 9.10. The molecule has 0 amide bonds. The van der Waals surface area contributed by atoms with Gasteiger partial charge in [0.15, 0.2) is 11.5 Å². The Morgan fingerprint density at radius 2 is 2.05 bits per heavy atom. The molecular weight excluding hydrogens is 306 g/mol. The first-order valence-corrected chi connectivity index (χ1v) is 7.57. The fraction of sp³-hybridized carbons (Fsp3) is 0.600. The van der Waals surface area contributed by atoms with Crippen molar-refractivity contribution in [1.82, 2.24) is 5.32 Å². The molecule has 1 atom stereocenters. The van der Waals surface area contributed by atoms with Crippen LogP contribution in [-0.4, -0.2) is 20.8 Å². The normalized spacial score (nSPS) is 18.9. The van der Waals surface area contributed by atoms with Crippen LogP contribution in [0.3, 0.4) is 0 Å². The lowest BCUT2D eigenvalue weighted by Crippen LogP contribution is -2.17. The highest BCUT2D eigenvalue weighted by atomic mass is 79.9. The van der Waals surface area contributed by atoms with Crippen LogP contribution in [0.25, 0.3) is 0 Å². The number of nitrogens with one attached hydrogen (secondary N) is 1. The zero-order chi connectivity index (χ0) is 14.0. The van der Waals surface area contributed by atoms with Gasteiger partial charge in [-0.25, -0.2) is 0 Å². The number of rotatable bonds is 4. The quantitative estimate of drug-likeness (QED) is 0.906. The number of ether oxygens (including phenoxy) is 2. The molecule has 1 unspecified atom stereocenters. The third-order valence-corrected chi connectivity index (χ3v) is 4.34.